The fraction of sp³-hybridized carbons (Fsp3) is 0.143. The maximum atomic E-state index is 14.1. The molecule has 0 saturated heterocycles. The molecule has 36 heavy (non-hydrogen) atoms. The lowest BCUT2D eigenvalue weighted by atomic mass is 10.0. The second-order valence-corrected chi connectivity index (χ2v) is 8.33. The Bertz CT molecular complexity index is 1480. The number of benzene rings is 3. The molecule has 5 rings (SSSR count). The number of rotatable bonds is 6. The van der Waals surface area contributed by atoms with Gasteiger partial charge in [-0.15, -0.1) is 0 Å². The van der Waals surface area contributed by atoms with Crippen molar-refractivity contribution in [3.63, 3.8) is 0 Å². The number of anilines is 3. The third-order valence-electron chi connectivity index (χ3n) is 6.08. The van der Waals surface area contributed by atoms with Gasteiger partial charge in [-0.2, -0.15) is 5.26 Å². The van der Waals surface area contributed by atoms with Crippen molar-refractivity contribution in [2.24, 2.45) is 0 Å². The van der Waals surface area contributed by atoms with Crippen LogP contribution >= 0.6 is 0 Å². The van der Waals surface area contributed by atoms with E-state index in [1.807, 2.05) is 30.3 Å². The highest BCUT2D eigenvalue weighted by Crippen LogP contribution is 2.36. The molecule has 178 valence electrons. The zero-order valence-corrected chi connectivity index (χ0v) is 19.5. The van der Waals surface area contributed by atoms with Crippen molar-refractivity contribution in [2.45, 2.75) is 12.8 Å². The van der Waals surface area contributed by atoms with E-state index in [2.05, 4.69) is 21.4 Å². The van der Waals surface area contributed by atoms with E-state index in [9.17, 15) is 14.4 Å². The molecule has 1 N–H and O–H groups in total. The Morgan fingerprint density at radius 1 is 1.17 bits per heavy atom. The van der Waals surface area contributed by atoms with Crippen molar-refractivity contribution < 1.29 is 13.9 Å². The van der Waals surface area contributed by atoms with Crippen LogP contribution < -0.4 is 15.0 Å². The number of nitrogens with one attached hydrogen (secondary N) is 1. The minimum atomic E-state index is -0.413. The summed E-state index contributed by atoms with van der Waals surface area (Å²) in [5, 5.41) is 13.1. The molecule has 0 radical (unpaired) electrons. The third-order valence-corrected chi connectivity index (χ3v) is 6.08. The Hall–Kier alpha value is -4.77. The van der Waals surface area contributed by atoms with E-state index in [0.717, 1.165) is 22.6 Å². The molecule has 0 saturated carbocycles. The number of carbonyl (C=O) groups is 1. The van der Waals surface area contributed by atoms with E-state index in [4.69, 9.17) is 4.74 Å². The molecule has 1 amide bonds. The summed E-state index contributed by atoms with van der Waals surface area (Å²) < 4.78 is 19.3. The van der Waals surface area contributed by atoms with Gasteiger partial charge in [-0.1, -0.05) is 18.2 Å². The first kappa shape index (κ1) is 23.0. The maximum Gasteiger partial charge on any atom is 0.231 e. The molecule has 7 nitrogen and oxygen atoms in total. The van der Waals surface area contributed by atoms with Crippen LogP contribution in [0.2, 0.25) is 0 Å². The fourth-order valence-electron chi connectivity index (χ4n) is 4.31. The quantitative estimate of drug-likeness (QED) is 0.417. The molecule has 0 spiro atoms. The molecule has 3 aromatic carbocycles. The number of ether oxygens (including phenoxy) is 1. The number of hydrogen-bond acceptors (Lipinski definition) is 6. The number of methoxy groups -OCH3 is 1. The highest BCUT2D eigenvalue weighted by Gasteiger charge is 2.29. The van der Waals surface area contributed by atoms with Gasteiger partial charge in [0.1, 0.15) is 17.6 Å². The summed E-state index contributed by atoms with van der Waals surface area (Å²) in [6.07, 6.45) is 2.19. The first-order valence-corrected chi connectivity index (χ1v) is 11.4. The largest absolute Gasteiger partial charge is 0.497 e. The minimum absolute atomic E-state index is 0.0645. The SMILES string of the molecule is COc1ccc(Nc2nccc(-c3cc(C#N)c4c(c3)CCN4C(=O)Cc3ccccc3F)n2)cc1. The van der Waals surface area contributed by atoms with Crippen molar-refractivity contribution in [1.29, 1.82) is 5.26 Å². The fourth-order valence-corrected chi connectivity index (χ4v) is 4.31. The molecule has 0 bridgehead atoms. The summed E-state index contributed by atoms with van der Waals surface area (Å²) in [4.78, 5) is 23.5. The summed E-state index contributed by atoms with van der Waals surface area (Å²) >= 11 is 0. The number of carbonyl (C=O) groups excluding carboxylic acids is 1. The zero-order valence-electron chi connectivity index (χ0n) is 19.5. The lowest BCUT2D eigenvalue weighted by Gasteiger charge is -2.19. The van der Waals surface area contributed by atoms with E-state index in [0.29, 0.717) is 41.4 Å². The lowest BCUT2D eigenvalue weighted by Crippen LogP contribution is -2.31. The van der Waals surface area contributed by atoms with Gasteiger partial charge in [0.2, 0.25) is 11.9 Å². The van der Waals surface area contributed by atoms with Crippen molar-refractivity contribution in [3.05, 3.63) is 95.4 Å². The number of halogens is 1. The number of hydrogen-bond donors (Lipinski definition) is 1. The van der Waals surface area contributed by atoms with Crippen LogP contribution in [0.4, 0.5) is 21.7 Å². The van der Waals surface area contributed by atoms with E-state index in [1.54, 1.807) is 48.5 Å². The van der Waals surface area contributed by atoms with E-state index in [-0.39, 0.29) is 12.3 Å². The second-order valence-electron chi connectivity index (χ2n) is 8.33. The van der Waals surface area contributed by atoms with Gasteiger partial charge in [-0.3, -0.25) is 4.79 Å². The van der Waals surface area contributed by atoms with Crippen LogP contribution in [0.1, 0.15) is 16.7 Å². The minimum Gasteiger partial charge on any atom is -0.497 e. The van der Waals surface area contributed by atoms with Crippen LogP contribution in [0.3, 0.4) is 0 Å². The molecule has 4 aromatic rings. The Labute approximate surface area is 207 Å². The van der Waals surface area contributed by atoms with Gasteiger partial charge in [0.25, 0.3) is 0 Å². The molecule has 1 aliphatic heterocycles. The molecule has 0 unspecified atom stereocenters. The normalized spacial score (nSPS) is 12.1. The van der Waals surface area contributed by atoms with Crippen molar-refractivity contribution in [2.75, 3.05) is 23.9 Å². The van der Waals surface area contributed by atoms with Crippen LogP contribution in [0.5, 0.6) is 5.75 Å². The molecule has 1 aliphatic rings. The number of amides is 1. The summed E-state index contributed by atoms with van der Waals surface area (Å²) in [5.41, 5.74) is 4.41. The molecule has 2 heterocycles. The maximum absolute atomic E-state index is 14.1. The topological polar surface area (TPSA) is 91.1 Å². The van der Waals surface area contributed by atoms with Crippen LogP contribution in [-0.4, -0.2) is 29.5 Å². The molecule has 0 fully saturated rings. The average Bonchev–Trinajstić information content (AvgIpc) is 3.34. The average molecular weight is 480 g/mol. The van der Waals surface area contributed by atoms with Gasteiger partial charge in [0.05, 0.1) is 30.5 Å². The molecular formula is C28H22FN5O2. The van der Waals surface area contributed by atoms with Gasteiger partial charge in [-0.05, 0) is 66.1 Å². The summed E-state index contributed by atoms with van der Waals surface area (Å²) in [5.74, 6) is 0.511. The van der Waals surface area contributed by atoms with Gasteiger partial charge >= 0.3 is 0 Å². The lowest BCUT2D eigenvalue weighted by molar-refractivity contribution is -0.117. The van der Waals surface area contributed by atoms with E-state index in [1.165, 1.54) is 6.07 Å². The second kappa shape index (κ2) is 9.84. The van der Waals surface area contributed by atoms with Crippen molar-refractivity contribution >= 4 is 23.2 Å². The van der Waals surface area contributed by atoms with Crippen LogP contribution in [0.15, 0.2) is 72.9 Å². The van der Waals surface area contributed by atoms with Crippen LogP contribution in [0.25, 0.3) is 11.3 Å². The van der Waals surface area contributed by atoms with Gasteiger partial charge in [0, 0.05) is 24.0 Å². The van der Waals surface area contributed by atoms with Crippen LogP contribution in [0, 0.1) is 17.1 Å². The number of aromatic nitrogens is 2. The number of nitriles is 1. The standard InChI is InChI=1S/C28H22FN5O2/c1-36-23-8-6-22(7-9-23)32-28-31-12-10-25(33-28)20-14-19-11-13-34(27(19)21(15-20)17-30)26(35)16-18-4-2-3-5-24(18)29/h2-10,12,14-15H,11,13,16H2,1H3,(H,31,32,33). The Kier molecular flexibility index (Phi) is 6.29. The summed E-state index contributed by atoms with van der Waals surface area (Å²) in [7, 11) is 1.61. The van der Waals surface area contributed by atoms with Crippen molar-refractivity contribution in [1.82, 2.24) is 9.97 Å². The third kappa shape index (κ3) is 4.59. The monoisotopic (exact) mass is 479 g/mol. The molecule has 1 aromatic heterocycles. The number of nitrogens with zero attached hydrogens (tertiary/aromatic N) is 4. The van der Waals surface area contributed by atoms with Crippen molar-refractivity contribution in [3.8, 4) is 23.1 Å². The highest BCUT2D eigenvalue weighted by atomic mass is 19.1. The molecule has 8 heteroatoms. The molecule has 0 aliphatic carbocycles. The molecule has 0 atom stereocenters. The molecular weight excluding hydrogens is 457 g/mol. The first-order valence-electron chi connectivity index (χ1n) is 11.4. The van der Waals surface area contributed by atoms with Gasteiger partial charge in [0.15, 0.2) is 0 Å². The Morgan fingerprint density at radius 3 is 2.72 bits per heavy atom. The predicted octanol–water partition coefficient (Wildman–Crippen LogP) is 5.04. The van der Waals surface area contributed by atoms with Gasteiger partial charge < -0.3 is 15.0 Å². The summed E-state index contributed by atoms with van der Waals surface area (Å²) in [6, 6.07) is 21.3. The van der Waals surface area contributed by atoms with E-state index < -0.39 is 5.82 Å². The van der Waals surface area contributed by atoms with Gasteiger partial charge in [-0.25, -0.2) is 14.4 Å². The van der Waals surface area contributed by atoms with Crippen LogP contribution in [-0.2, 0) is 17.6 Å². The highest BCUT2D eigenvalue weighted by molar-refractivity contribution is 5.98. The Morgan fingerprint density at radius 2 is 1.97 bits per heavy atom. The Balaban J connectivity index is 1.41. The zero-order chi connectivity index (χ0) is 25.1. The van der Waals surface area contributed by atoms with E-state index >= 15 is 0 Å². The number of fused-ring (bicyclic) bond motifs is 1. The predicted molar refractivity (Wildman–Crippen MR) is 135 cm³/mol. The summed E-state index contributed by atoms with van der Waals surface area (Å²) in [6.45, 7) is 0.439. The smallest absolute Gasteiger partial charge is 0.231 e. The first-order chi connectivity index (χ1) is 17.6.